The van der Waals surface area contributed by atoms with E-state index in [2.05, 4.69) is 5.32 Å². The zero-order chi connectivity index (χ0) is 17.0. The summed E-state index contributed by atoms with van der Waals surface area (Å²) in [6, 6.07) is 0.989. The number of thiophene rings is 1. The minimum atomic E-state index is -1.03. The van der Waals surface area contributed by atoms with Gasteiger partial charge in [-0.15, -0.1) is 11.3 Å². The number of carboxylic acids is 1. The molecule has 0 saturated heterocycles. The van der Waals surface area contributed by atoms with Crippen LogP contribution in [0.3, 0.4) is 0 Å². The molecule has 0 radical (unpaired) electrons. The number of carboxylic acid groups (broad SMARTS) is 1. The third-order valence-electron chi connectivity index (χ3n) is 3.77. The smallest absolute Gasteiger partial charge is 0.326 e. The second kappa shape index (κ2) is 7.45. The molecule has 0 fully saturated rings. The number of hydrogen-bond acceptors (Lipinski definition) is 4. The van der Waals surface area contributed by atoms with Crippen molar-refractivity contribution < 1.29 is 19.4 Å². The van der Waals surface area contributed by atoms with Gasteiger partial charge in [0.15, 0.2) is 0 Å². The Morgan fingerprint density at radius 1 is 1.35 bits per heavy atom. The molecule has 1 amide bonds. The summed E-state index contributed by atoms with van der Waals surface area (Å²) in [5, 5.41) is 11.9. The number of amides is 1. The maximum Gasteiger partial charge on any atom is 0.326 e. The summed E-state index contributed by atoms with van der Waals surface area (Å²) >= 11 is 1.49. The summed E-state index contributed by atoms with van der Waals surface area (Å²) in [4.78, 5) is 25.6. The first-order valence-corrected chi connectivity index (χ1v) is 8.87. The van der Waals surface area contributed by atoms with E-state index in [1.807, 2.05) is 26.8 Å². The van der Waals surface area contributed by atoms with Crippen LogP contribution >= 0.6 is 11.3 Å². The Balaban J connectivity index is 1.95. The molecule has 5 nitrogen and oxygen atoms in total. The van der Waals surface area contributed by atoms with Gasteiger partial charge in [-0.1, -0.05) is 0 Å². The fourth-order valence-electron chi connectivity index (χ4n) is 2.57. The first-order valence-electron chi connectivity index (χ1n) is 8.05. The van der Waals surface area contributed by atoms with Crippen LogP contribution in [0, 0.1) is 0 Å². The third-order valence-corrected chi connectivity index (χ3v) is 5.00. The number of hydrogen-bond donors (Lipinski definition) is 2. The lowest BCUT2D eigenvalue weighted by Gasteiger charge is -2.21. The maximum absolute atomic E-state index is 12.3. The van der Waals surface area contributed by atoms with Gasteiger partial charge in [-0.2, -0.15) is 0 Å². The van der Waals surface area contributed by atoms with Crippen LogP contribution in [0.5, 0.6) is 0 Å². The van der Waals surface area contributed by atoms with Gasteiger partial charge in [0.05, 0.1) is 10.5 Å². The molecule has 1 aliphatic carbocycles. The molecule has 2 N–H and O–H groups in total. The van der Waals surface area contributed by atoms with Crippen LogP contribution in [0.25, 0.3) is 0 Å². The Morgan fingerprint density at radius 3 is 2.65 bits per heavy atom. The summed E-state index contributed by atoms with van der Waals surface area (Å²) in [5.41, 5.74) is 0.925. The van der Waals surface area contributed by atoms with E-state index in [0.29, 0.717) is 11.5 Å². The van der Waals surface area contributed by atoms with Crippen molar-refractivity contribution in [2.45, 2.75) is 64.5 Å². The van der Waals surface area contributed by atoms with Crippen LogP contribution in [0.15, 0.2) is 6.07 Å². The van der Waals surface area contributed by atoms with E-state index in [1.54, 1.807) is 0 Å². The van der Waals surface area contributed by atoms with E-state index >= 15 is 0 Å². The molecular formula is C17H25NO4S. The van der Waals surface area contributed by atoms with Gasteiger partial charge >= 0.3 is 5.97 Å². The van der Waals surface area contributed by atoms with Gasteiger partial charge in [0.1, 0.15) is 6.04 Å². The van der Waals surface area contributed by atoms with Crippen LogP contribution in [0.4, 0.5) is 0 Å². The molecule has 1 aliphatic rings. The van der Waals surface area contributed by atoms with Crippen molar-refractivity contribution in [1.29, 1.82) is 0 Å². The first-order chi connectivity index (χ1) is 10.8. The zero-order valence-electron chi connectivity index (χ0n) is 14.0. The van der Waals surface area contributed by atoms with Crippen LogP contribution in [0.2, 0.25) is 0 Å². The minimum Gasteiger partial charge on any atom is -0.480 e. The standard InChI is InChI=1S/C17H25NO4S/c1-17(2,3)22-9-8-12(16(20)21)18-15(19)14-10-11-6-4-5-7-13(11)23-14/h10,12H,4-9H2,1-3H3,(H,18,19)(H,20,21). The number of ether oxygens (including phenoxy) is 1. The van der Waals surface area contributed by atoms with E-state index in [-0.39, 0.29) is 17.9 Å². The molecule has 1 aromatic rings. The van der Waals surface area contributed by atoms with Crippen molar-refractivity contribution >= 4 is 23.2 Å². The van der Waals surface area contributed by atoms with Gasteiger partial charge in [0, 0.05) is 17.9 Å². The predicted octanol–water partition coefficient (Wildman–Crippen LogP) is 3.02. The summed E-state index contributed by atoms with van der Waals surface area (Å²) in [6.45, 7) is 6.04. The number of nitrogens with one attached hydrogen (secondary N) is 1. The van der Waals surface area contributed by atoms with E-state index in [0.717, 1.165) is 25.7 Å². The van der Waals surface area contributed by atoms with E-state index in [9.17, 15) is 14.7 Å². The molecule has 2 rings (SSSR count). The topological polar surface area (TPSA) is 75.6 Å². The van der Waals surface area contributed by atoms with Crippen molar-refractivity contribution in [3.05, 3.63) is 21.4 Å². The number of rotatable bonds is 6. The summed E-state index contributed by atoms with van der Waals surface area (Å²) in [7, 11) is 0. The molecule has 0 spiro atoms. The molecule has 23 heavy (non-hydrogen) atoms. The number of carbonyl (C=O) groups is 2. The van der Waals surface area contributed by atoms with E-state index in [1.165, 1.54) is 21.8 Å². The van der Waals surface area contributed by atoms with Crippen LogP contribution in [-0.4, -0.2) is 35.2 Å². The molecular weight excluding hydrogens is 314 g/mol. The number of fused-ring (bicyclic) bond motifs is 1. The molecule has 0 bridgehead atoms. The highest BCUT2D eigenvalue weighted by Gasteiger charge is 2.24. The van der Waals surface area contributed by atoms with Crippen molar-refractivity contribution in [3.63, 3.8) is 0 Å². The quantitative estimate of drug-likeness (QED) is 0.835. The van der Waals surface area contributed by atoms with Gasteiger partial charge in [-0.05, 0) is 58.1 Å². The average molecular weight is 339 g/mol. The Bertz CT molecular complexity index is 550. The second-order valence-corrected chi connectivity index (χ2v) is 8.02. The van der Waals surface area contributed by atoms with Crippen LogP contribution < -0.4 is 5.32 Å². The molecule has 1 aromatic heterocycles. The number of aliphatic carboxylic acids is 1. The van der Waals surface area contributed by atoms with Gasteiger partial charge < -0.3 is 15.2 Å². The molecule has 1 heterocycles. The highest BCUT2D eigenvalue weighted by Crippen LogP contribution is 2.29. The van der Waals surface area contributed by atoms with Crippen LogP contribution in [-0.2, 0) is 22.4 Å². The first kappa shape index (κ1) is 17.9. The summed E-state index contributed by atoms with van der Waals surface area (Å²) < 4.78 is 5.55. The largest absolute Gasteiger partial charge is 0.480 e. The van der Waals surface area contributed by atoms with E-state index in [4.69, 9.17) is 4.74 Å². The molecule has 128 valence electrons. The number of aryl methyl sites for hydroxylation is 2. The molecule has 0 aromatic carbocycles. The lowest BCUT2D eigenvalue weighted by atomic mass is 9.99. The van der Waals surface area contributed by atoms with Gasteiger partial charge in [0.2, 0.25) is 0 Å². The summed E-state index contributed by atoms with van der Waals surface area (Å²) in [6.07, 6.45) is 4.61. The second-order valence-electron chi connectivity index (χ2n) is 6.88. The van der Waals surface area contributed by atoms with Gasteiger partial charge in [-0.25, -0.2) is 4.79 Å². The predicted molar refractivity (Wildman–Crippen MR) is 90.2 cm³/mol. The lowest BCUT2D eigenvalue weighted by molar-refractivity contribution is -0.140. The SMILES string of the molecule is CC(C)(C)OCCC(NC(=O)c1cc2c(s1)CCCC2)C(=O)O. The average Bonchev–Trinajstić information content (AvgIpc) is 2.88. The van der Waals surface area contributed by atoms with Gasteiger partial charge in [-0.3, -0.25) is 4.79 Å². The van der Waals surface area contributed by atoms with Crippen molar-refractivity contribution in [3.8, 4) is 0 Å². The third kappa shape index (κ3) is 5.32. The highest BCUT2D eigenvalue weighted by molar-refractivity contribution is 7.14. The zero-order valence-corrected chi connectivity index (χ0v) is 14.8. The molecule has 6 heteroatoms. The lowest BCUT2D eigenvalue weighted by Crippen LogP contribution is -2.41. The number of carbonyl (C=O) groups excluding carboxylic acids is 1. The Labute approximate surface area is 141 Å². The highest BCUT2D eigenvalue weighted by atomic mass is 32.1. The Morgan fingerprint density at radius 2 is 2.04 bits per heavy atom. The molecule has 0 saturated carbocycles. The Kier molecular flexibility index (Phi) is 5.81. The van der Waals surface area contributed by atoms with Crippen molar-refractivity contribution in [2.75, 3.05) is 6.61 Å². The Hall–Kier alpha value is -1.40. The van der Waals surface area contributed by atoms with Crippen LogP contribution in [0.1, 0.15) is 60.1 Å². The van der Waals surface area contributed by atoms with E-state index < -0.39 is 12.0 Å². The minimum absolute atomic E-state index is 0.253. The fourth-order valence-corrected chi connectivity index (χ4v) is 3.73. The fraction of sp³-hybridized carbons (Fsp3) is 0.647. The van der Waals surface area contributed by atoms with Gasteiger partial charge in [0.25, 0.3) is 5.91 Å². The summed E-state index contributed by atoms with van der Waals surface area (Å²) in [5.74, 6) is -1.33. The van der Waals surface area contributed by atoms with Crippen molar-refractivity contribution in [1.82, 2.24) is 5.32 Å². The molecule has 1 unspecified atom stereocenters. The monoisotopic (exact) mass is 339 g/mol. The molecule has 0 aliphatic heterocycles. The normalized spacial score (nSPS) is 15.8. The van der Waals surface area contributed by atoms with Crippen molar-refractivity contribution in [2.24, 2.45) is 0 Å². The maximum atomic E-state index is 12.3. The molecule has 1 atom stereocenters.